The zero-order valence-electron chi connectivity index (χ0n) is 13.5. The van der Waals surface area contributed by atoms with Gasteiger partial charge in [-0.05, 0) is 30.2 Å². The molecule has 0 atom stereocenters. The molecule has 1 saturated heterocycles. The number of H-pyrrole nitrogens is 1. The Bertz CT molecular complexity index is 662. The lowest BCUT2D eigenvalue weighted by atomic mass is 10.1. The topological polar surface area (TPSA) is 69.4 Å². The Labute approximate surface area is 136 Å². The molecule has 2 heterocycles. The monoisotopic (exact) mass is 316 g/mol. The summed E-state index contributed by atoms with van der Waals surface area (Å²) in [6.45, 7) is 4.94. The van der Waals surface area contributed by atoms with Crippen molar-refractivity contribution in [1.82, 2.24) is 20.5 Å². The summed E-state index contributed by atoms with van der Waals surface area (Å²) in [5.74, 6) is 0.949. The Morgan fingerprint density at radius 1 is 1.35 bits per heavy atom. The van der Waals surface area contributed by atoms with Gasteiger partial charge >= 0.3 is 0 Å². The number of fused-ring (bicyclic) bond motifs is 1. The van der Waals surface area contributed by atoms with Crippen LogP contribution in [0.25, 0.3) is 10.9 Å². The average Bonchev–Trinajstić information content (AvgIpc) is 2.98. The molecule has 6 heteroatoms. The van der Waals surface area contributed by atoms with Gasteiger partial charge in [0.2, 0.25) is 5.91 Å². The summed E-state index contributed by atoms with van der Waals surface area (Å²) >= 11 is 0. The third-order valence-electron chi connectivity index (χ3n) is 4.27. The van der Waals surface area contributed by atoms with Crippen LogP contribution in [-0.4, -0.2) is 62.2 Å². The van der Waals surface area contributed by atoms with Crippen molar-refractivity contribution in [3.8, 4) is 5.75 Å². The van der Waals surface area contributed by atoms with E-state index in [-0.39, 0.29) is 5.91 Å². The van der Waals surface area contributed by atoms with Gasteiger partial charge in [-0.1, -0.05) is 0 Å². The summed E-state index contributed by atoms with van der Waals surface area (Å²) in [5.41, 5.74) is 2.29. The number of aromatic amines is 1. The SMILES string of the molecule is COc1ccc2[nH]cc(CCNC(=O)CN3CCNCC3)c2c1. The van der Waals surface area contributed by atoms with Crippen molar-refractivity contribution < 1.29 is 9.53 Å². The van der Waals surface area contributed by atoms with Crippen LogP contribution in [0.3, 0.4) is 0 Å². The van der Waals surface area contributed by atoms with Gasteiger partial charge in [-0.25, -0.2) is 0 Å². The number of rotatable bonds is 6. The number of amides is 1. The van der Waals surface area contributed by atoms with E-state index in [1.165, 1.54) is 5.56 Å². The number of piperazine rings is 1. The van der Waals surface area contributed by atoms with Crippen LogP contribution in [0.15, 0.2) is 24.4 Å². The minimum Gasteiger partial charge on any atom is -0.497 e. The summed E-state index contributed by atoms with van der Waals surface area (Å²) in [5, 5.41) is 7.46. The van der Waals surface area contributed by atoms with Gasteiger partial charge in [0.05, 0.1) is 13.7 Å². The van der Waals surface area contributed by atoms with E-state index in [0.717, 1.165) is 49.3 Å². The highest BCUT2D eigenvalue weighted by Gasteiger charge is 2.13. The van der Waals surface area contributed by atoms with Crippen molar-refractivity contribution in [2.75, 3.05) is 46.4 Å². The van der Waals surface area contributed by atoms with Gasteiger partial charge in [0.25, 0.3) is 0 Å². The molecule has 1 aromatic carbocycles. The molecule has 0 bridgehead atoms. The first-order chi connectivity index (χ1) is 11.3. The molecule has 1 fully saturated rings. The second kappa shape index (κ2) is 7.48. The quantitative estimate of drug-likeness (QED) is 0.735. The second-order valence-electron chi connectivity index (χ2n) is 5.85. The van der Waals surface area contributed by atoms with Gasteiger partial charge in [-0.2, -0.15) is 0 Å². The molecule has 1 aromatic heterocycles. The maximum absolute atomic E-state index is 12.0. The van der Waals surface area contributed by atoms with E-state index in [4.69, 9.17) is 4.74 Å². The number of methoxy groups -OCH3 is 1. The van der Waals surface area contributed by atoms with Crippen molar-refractivity contribution in [3.05, 3.63) is 30.0 Å². The van der Waals surface area contributed by atoms with E-state index < -0.39 is 0 Å². The van der Waals surface area contributed by atoms with Crippen LogP contribution in [0.1, 0.15) is 5.56 Å². The molecular weight excluding hydrogens is 292 g/mol. The maximum atomic E-state index is 12.0. The summed E-state index contributed by atoms with van der Waals surface area (Å²) in [6.07, 6.45) is 2.81. The van der Waals surface area contributed by atoms with Crippen LogP contribution in [0.5, 0.6) is 5.75 Å². The molecular formula is C17H24N4O2. The van der Waals surface area contributed by atoms with Crippen LogP contribution in [0, 0.1) is 0 Å². The first-order valence-electron chi connectivity index (χ1n) is 8.10. The third-order valence-corrected chi connectivity index (χ3v) is 4.27. The second-order valence-corrected chi connectivity index (χ2v) is 5.85. The third kappa shape index (κ3) is 4.03. The molecule has 124 valence electrons. The van der Waals surface area contributed by atoms with Crippen LogP contribution >= 0.6 is 0 Å². The molecule has 1 aliphatic rings. The van der Waals surface area contributed by atoms with Crippen LogP contribution in [-0.2, 0) is 11.2 Å². The van der Waals surface area contributed by atoms with Gasteiger partial charge < -0.3 is 20.4 Å². The highest BCUT2D eigenvalue weighted by atomic mass is 16.5. The number of hydrogen-bond donors (Lipinski definition) is 3. The Hall–Kier alpha value is -2.05. The van der Waals surface area contributed by atoms with Gasteiger partial charge in [-0.3, -0.25) is 9.69 Å². The fourth-order valence-corrected chi connectivity index (χ4v) is 2.96. The Kier molecular flexibility index (Phi) is 5.15. The number of nitrogens with one attached hydrogen (secondary N) is 3. The number of ether oxygens (including phenoxy) is 1. The molecule has 6 nitrogen and oxygen atoms in total. The molecule has 0 spiro atoms. The zero-order valence-corrected chi connectivity index (χ0v) is 13.5. The molecule has 3 rings (SSSR count). The average molecular weight is 316 g/mol. The van der Waals surface area contributed by atoms with Crippen molar-refractivity contribution in [2.45, 2.75) is 6.42 Å². The van der Waals surface area contributed by atoms with Gasteiger partial charge in [0.1, 0.15) is 5.75 Å². The van der Waals surface area contributed by atoms with E-state index >= 15 is 0 Å². The van der Waals surface area contributed by atoms with E-state index in [1.807, 2.05) is 24.4 Å². The lowest BCUT2D eigenvalue weighted by Crippen LogP contribution is -2.47. The predicted molar refractivity (Wildman–Crippen MR) is 90.9 cm³/mol. The van der Waals surface area contributed by atoms with E-state index in [2.05, 4.69) is 20.5 Å². The van der Waals surface area contributed by atoms with E-state index in [9.17, 15) is 4.79 Å². The number of aromatic nitrogens is 1. The molecule has 0 aliphatic carbocycles. The van der Waals surface area contributed by atoms with Gasteiger partial charge in [0.15, 0.2) is 0 Å². The lowest BCUT2D eigenvalue weighted by Gasteiger charge is -2.26. The summed E-state index contributed by atoms with van der Waals surface area (Å²) in [7, 11) is 1.67. The minimum atomic E-state index is 0.101. The highest BCUT2D eigenvalue weighted by Crippen LogP contribution is 2.23. The molecule has 1 aliphatic heterocycles. The molecule has 0 unspecified atom stereocenters. The minimum absolute atomic E-state index is 0.101. The summed E-state index contributed by atoms with van der Waals surface area (Å²) < 4.78 is 5.28. The highest BCUT2D eigenvalue weighted by molar-refractivity contribution is 5.84. The zero-order chi connectivity index (χ0) is 16.1. The van der Waals surface area contributed by atoms with Crippen molar-refractivity contribution in [3.63, 3.8) is 0 Å². The van der Waals surface area contributed by atoms with Gasteiger partial charge in [-0.15, -0.1) is 0 Å². The van der Waals surface area contributed by atoms with Crippen molar-refractivity contribution >= 4 is 16.8 Å². The van der Waals surface area contributed by atoms with Crippen LogP contribution in [0.4, 0.5) is 0 Å². The Morgan fingerprint density at radius 3 is 2.96 bits per heavy atom. The fraction of sp³-hybridized carbons (Fsp3) is 0.471. The summed E-state index contributed by atoms with van der Waals surface area (Å²) in [6, 6.07) is 5.99. The van der Waals surface area contributed by atoms with Gasteiger partial charge in [0, 0.05) is 49.8 Å². The number of carbonyl (C=O) groups excluding carboxylic acids is 1. The molecule has 0 saturated carbocycles. The predicted octanol–water partition coefficient (Wildman–Crippen LogP) is 0.740. The maximum Gasteiger partial charge on any atom is 0.234 e. The molecule has 23 heavy (non-hydrogen) atoms. The Morgan fingerprint density at radius 2 is 2.17 bits per heavy atom. The Balaban J connectivity index is 1.51. The molecule has 1 amide bonds. The number of carbonyl (C=O) groups is 1. The molecule has 0 radical (unpaired) electrons. The van der Waals surface area contributed by atoms with Crippen molar-refractivity contribution in [2.24, 2.45) is 0 Å². The van der Waals surface area contributed by atoms with Crippen LogP contribution < -0.4 is 15.4 Å². The first kappa shape index (κ1) is 15.8. The normalized spacial score (nSPS) is 15.7. The number of nitrogens with zero attached hydrogens (tertiary/aromatic N) is 1. The number of benzene rings is 1. The molecule has 3 N–H and O–H groups in total. The van der Waals surface area contributed by atoms with E-state index in [0.29, 0.717) is 13.1 Å². The molecule has 2 aromatic rings. The lowest BCUT2D eigenvalue weighted by molar-refractivity contribution is -0.122. The van der Waals surface area contributed by atoms with Crippen molar-refractivity contribution in [1.29, 1.82) is 0 Å². The standard InChI is InChI=1S/C17H24N4O2/c1-23-14-2-3-16-15(10-14)13(11-20-16)4-5-19-17(22)12-21-8-6-18-7-9-21/h2-3,10-11,18,20H,4-9,12H2,1H3,(H,19,22). The summed E-state index contributed by atoms with van der Waals surface area (Å²) in [4.78, 5) is 17.4. The van der Waals surface area contributed by atoms with E-state index in [1.54, 1.807) is 7.11 Å². The fourth-order valence-electron chi connectivity index (χ4n) is 2.96. The van der Waals surface area contributed by atoms with Crippen LogP contribution in [0.2, 0.25) is 0 Å². The smallest absolute Gasteiger partial charge is 0.234 e. The first-order valence-corrected chi connectivity index (χ1v) is 8.10. The number of hydrogen-bond acceptors (Lipinski definition) is 4. The largest absolute Gasteiger partial charge is 0.497 e.